The minimum Gasteiger partial charge on any atom is -0.387 e. The number of nitrogens with zero attached hydrogens (tertiary/aromatic N) is 2. The van der Waals surface area contributed by atoms with Gasteiger partial charge in [-0.1, -0.05) is 0 Å². The van der Waals surface area contributed by atoms with Crippen molar-refractivity contribution < 1.29 is 65.8 Å². The summed E-state index contributed by atoms with van der Waals surface area (Å²) in [6.07, 6.45) is -5.25. The summed E-state index contributed by atoms with van der Waals surface area (Å²) in [6.45, 7) is 0.437. The van der Waals surface area contributed by atoms with Gasteiger partial charge in [-0.15, -0.1) is 0 Å². The van der Waals surface area contributed by atoms with Crippen LogP contribution < -0.4 is 0 Å². The molecular weight excluding hydrogens is 538 g/mol. The van der Waals surface area contributed by atoms with Crippen LogP contribution in [0.25, 0.3) is 11.0 Å². The Morgan fingerprint density at radius 1 is 1.18 bits per heavy atom. The number of nitrogens with one attached hydrogen (secondary N) is 1. The molecule has 0 spiro atoms. The third-order valence-corrected chi connectivity index (χ3v) is 8.36. The lowest BCUT2D eigenvalue weighted by Crippen LogP contribution is -2.33. The van der Waals surface area contributed by atoms with E-state index < -0.39 is 60.4 Å². The number of aryl methyl sites for hydroxylation is 1. The van der Waals surface area contributed by atoms with Crippen molar-refractivity contribution in [1.82, 2.24) is 14.5 Å². The molecule has 2 aromatic rings. The number of aliphatic hydroxyl groups excluding tert-OH is 2. The molecule has 0 bridgehead atoms. The molecular formula is C12H17FN3O13P3S. The lowest BCUT2D eigenvalue weighted by atomic mass is 10.1. The van der Waals surface area contributed by atoms with Crippen molar-refractivity contribution in [3.63, 3.8) is 0 Å². The fourth-order valence-corrected chi connectivity index (χ4v) is 6.19. The van der Waals surface area contributed by atoms with E-state index in [1.807, 2.05) is 0 Å². The van der Waals surface area contributed by atoms with Crippen molar-refractivity contribution in [3.05, 3.63) is 22.5 Å². The number of rotatable bonds is 8. The summed E-state index contributed by atoms with van der Waals surface area (Å²) in [5, 5.41) is 20.5. The summed E-state index contributed by atoms with van der Waals surface area (Å²) in [6, 6.07) is 0. The average molecular weight is 555 g/mol. The van der Waals surface area contributed by atoms with Crippen LogP contribution in [0.4, 0.5) is 4.39 Å². The number of aliphatic hydroxyl groups is 2. The van der Waals surface area contributed by atoms with Crippen molar-refractivity contribution in [3.8, 4) is 0 Å². The number of aromatic nitrogens is 3. The highest BCUT2D eigenvalue weighted by Gasteiger charge is 2.46. The van der Waals surface area contributed by atoms with Crippen molar-refractivity contribution in [2.75, 3.05) is 6.61 Å². The number of ether oxygens (including phenoxy) is 1. The maximum atomic E-state index is 14.2. The molecule has 3 rings (SSSR count). The molecule has 0 radical (unpaired) electrons. The molecule has 7 N–H and O–H groups in total. The van der Waals surface area contributed by atoms with Crippen LogP contribution in [-0.4, -0.2) is 69.2 Å². The monoisotopic (exact) mass is 555 g/mol. The normalized spacial score (nSPS) is 27.5. The maximum absolute atomic E-state index is 14.2. The topological polar surface area (TPSA) is 243 Å². The Kier molecular flexibility index (Phi) is 7.48. The molecule has 1 fully saturated rings. The van der Waals surface area contributed by atoms with Crippen LogP contribution in [0, 0.1) is 17.5 Å². The van der Waals surface area contributed by atoms with Gasteiger partial charge in [0.15, 0.2) is 12.0 Å². The summed E-state index contributed by atoms with van der Waals surface area (Å²) >= 11 is 5.09. The summed E-state index contributed by atoms with van der Waals surface area (Å²) in [5.74, 6) is -0.640. The van der Waals surface area contributed by atoms with Gasteiger partial charge in [-0.2, -0.15) is 8.62 Å². The van der Waals surface area contributed by atoms with Crippen molar-refractivity contribution in [2.45, 2.75) is 31.5 Å². The van der Waals surface area contributed by atoms with E-state index in [1.165, 1.54) is 13.1 Å². The van der Waals surface area contributed by atoms with Gasteiger partial charge in [0, 0.05) is 6.20 Å². The zero-order valence-corrected chi connectivity index (χ0v) is 19.7. The number of aromatic amines is 1. The predicted molar refractivity (Wildman–Crippen MR) is 105 cm³/mol. The van der Waals surface area contributed by atoms with Crippen LogP contribution in [0.3, 0.4) is 0 Å². The molecule has 2 aromatic heterocycles. The third-order valence-electron chi connectivity index (χ3n) is 4.25. The molecule has 0 aliphatic carbocycles. The Morgan fingerprint density at radius 3 is 2.42 bits per heavy atom. The molecule has 1 aliphatic heterocycles. The van der Waals surface area contributed by atoms with Gasteiger partial charge in [0.25, 0.3) is 0 Å². The van der Waals surface area contributed by atoms with Gasteiger partial charge in [0.2, 0.25) is 4.77 Å². The van der Waals surface area contributed by atoms with E-state index >= 15 is 0 Å². The van der Waals surface area contributed by atoms with Gasteiger partial charge >= 0.3 is 23.5 Å². The first-order valence-corrected chi connectivity index (χ1v) is 13.5. The number of H-pyrrole nitrogens is 1. The highest BCUT2D eigenvalue weighted by atomic mass is 32.1. The Bertz CT molecular complexity index is 1260. The first-order chi connectivity index (χ1) is 15.0. The first kappa shape index (κ1) is 26.7. The minimum atomic E-state index is -5.74. The number of hydrogen-bond acceptors (Lipinski definition) is 11. The Labute approximate surface area is 188 Å². The fourth-order valence-electron chi connectivity index (χ4n) is 2.91. The first-order valence-electron chi connectivity index (χ1n) is 8.56. The van der Waals surface area contributed by atoms with E-state index in [0.717, 1.165) is 4.57 Å². The molecule has 1 aliphatic rings. The number of fused-ring (bicyclic) bond motifs is 1. The van der Waals surface area contributed by atoms with Gasteiger partial charge in [-0.25, -0.2) is 23.1 Å². The van der Waals surface area contributed by atoms with Crippen LogP contribution in [0.15, 0.2) is 6.20 Å². The van der Waals surface area contributed by atoms with Crippen LogP contribution >= 0.6 is 35.7 Å². The Hall–Kier alpha value is -0.940. The van der Waals surface area contributed by atoms with E-state index in [4.69, 9.17) is 31.6 Å². The molecule has 16 nitrogen and oxygen atoms in total. The van der Waals surface area contributed by atoms with Gasteiger partial charge in [-0.05, 0) is 19.1 Å². The van der Waals surface area contributed by atoms with Crippen LogP contribution in [0.2, 0.25) is 0 Å². The largest absolute Gasteiger partial charge is 0.490 e. The second kappa shape index (κ2) is 9.26. The number of halogens is 1. The molecule has 0 aromatic carbocycles. The smallest absolute Gasteiger partial charge is 0.387 e. The summed E-state index contributed by atoms with van der Waals surface area (Å²) < 4.78 is 65.8. The highest BCUT2D eigenvalue weighted by molar-refractivity contribution is 7.71. The fraction of sp³-hybridized carbons (Fsp3) is 0.500. The SMILES string of the molecule is Cc1[nH]c2nc(=S)n([C@@H]3O[C@H](COP(=O)(O)OP(=O)(O)OP(=O)(O)O)C(O)[C@@H]3O)cc2c1F. The van der Waals surface area contributed by atoms with Crippen molar-refractivity contribution in [1.29, 1.82) is 0 Å². The quantitative estimate of drug-likeness (QED) is 0.173. The van der Waals surface area contributed by atoms with Gasteiger partial charge in [-0.3, -0.25) is 9.09 Å². The second-order valence-electron chi connectivity index (χ2n) is 6.69. The highest BCUT2D eigenvalue weighted by Crippen LogP contribution is 2.66. The summed E-state index contributed by atoms with van der Waals surface area (Å²) in [5.41, 5.74) is 0.301. The second-order valence-corrected chi connectivity index (χ2v) is 11.5. The Morgan fingerprint density at radius 2 is 1.82 bits per heavy atom. The molecule has 186 valence electrons. The molecule has 3 heterocycles. The number of phosphoric acid groups is 3. The number of phosphoric ester groups is 1. The van der Waals surface area contributed by atoms with Gasteiger partial charge in [0.05, 0.1) is 17.7 Å². The molecule has 3 unspecified atom stereocenters. The lowest BCUT2D eigenvalue weighted by molar-refractivity contribution is -0.0530. The van der Waals surface area contributed by atoms with E-state index in [-0.39, 0.29) is 21.5 Å². The van der Waals surface area contributed by atoms with E-state index in [1.54, 1.807) is 0 Å². The van der Waals surface area contributed by atoms with Crippen LogP contribution in [0.5, 0.6) is 0 Å². The van der Waals surface area contributed by atoms with Crippen LogP contribution in [0.1, 0.15) is 11.9 Å². The zero-order chi connectivity index (χ0) is 24.9. The van der Waals surface area contributed by atoms with Gasteiger partial charge in [0.1, 0.15) is 24.0 Å². The molecule has 6 atom stereocenters. The van der Waals surface area contributed by atoms with E-state index in [2.05, 4.69) is 23.1 Å². The minimum absolute atomic E-state index is 0.00287. The van der Waals surface area contributed by atoms with Gasteiger partial charge < -0.3 is 39.5 Å². The van der Waals surface area contributed by atoms with E-state index in [0.29, 0.717) is 0 Å². The lowest BCUT2D eigenvalue weighted by Gasteiger charge is -2.19. The molecule has 21 heteroatoms. The molecule has 0 saturated carbocycles. The summed E-state index contributed by atoms with van der Waals surface area (Å²) in [4.78, 5) is 42.3. The predicted octanol–water partition coefficient (Wildman–Crippen LogP) is 0.504. The molecule has 0 amide bonds. The molecule has 1 saturated heterocycles. The van der Waals surface area contributed by atoms with Crippen LogP contribution in [-0.2, 0) is 31.6 Å². The standard InChI is InChI=1S/C12H17FN3O13P3S/c1-4-7(13)5-2-16(12(33)15-10(5)14-4)11-9(18)8(17)6(27-11)3-26-31(22,23)29-32(24,25)28-30(19,20)21/h2,6,8-9,11,17-18H,3H2,1H3,(H,22,23)(H,24,25)(H,14,15,33)(H2,19,20,21)/t6-,8?,9+,11-/m1/s1. The summed E-state index contributed by atoms with van der Waals surface area (Å²) in [7, 11) is -16.8. The molecule has 33 heavy (non-hydrogen) atoms. The maximum Gasteiger partial charge on any atom is 0.490 e. The average Bonchev–Trinajstić information content (AvgIpc) is 3.06. The van der Waals surface area contributed by atoms with E-state index in [9.17, 15) is 33.2 Å². The number of hydrogen-bond donors (Lipinski definition) is 7. The Balaban J connectivity index is 1.74. The van der Waals surface area contributed by atoms with Crippen molar-refractivity contribution in [2.24, 2.45) is 0 Å². The van der Waals surface area contributed by atoms with Crippen molar-refractivity contribution >= 4 is 46.7 Å². The zero-order valence-electron chi connectivity index (χ0n) is 16.2. The third kappa shape index (κ3) is 6.20.